The quantitative estimate of drug-likeness (QED) is 0.726. The van der Waals surface area contributed by atoms with Crippen molar-refractivity contribution in [2.45, 2.75) is 0 Å². The fourth-order valence-electron chi connectivity index (χ4n) is 0.512. The fraction of sp³-hybridized carbons (Fsp3) is 0. The van der Waals surface area contributed by atoms with Gasteiger partial charge >= 0.3 is 5.97 Å². The molecule has 0 saturated heterocycles. The lowest BCUT2D eigenvalue weighted by atomic mass is 10.4. The fourth-order valence-corrected chi connectivity index (χ4v) is 0.785. The van der Waals surface area contributed by atoms with E-state index in [0.717, 1.165) is 0 Å². The lowest BCUT2D eigenvalue weighted by Gasteiger charge is -1.87. The van der Waals surface area contributed by atoms with Gasteiger partial charge in [0.2, 0.25) is 5.76 Å². The molecule has 0 fully saturated rings. The van der Waals surface area contributed by atoms with Crippen LogP contribution in [-0.4, -0.2) is 11.1 Å². The van der Waals surface area contributed by atoms with E-state index in [4.69, 9.17) is 10.8 Å². The molecular weight excluding hydrogens is 202 g/mol. The van der Waals surface area contributed by atoms with Gasteiger partial charge < -0.3 is 15.3 Å². The van der Waals surface area contributed by atoms with Crippen molar-refractivity contribution in [2.24, 2.45) is 0 Å². The Morgan fingerprint density at radius 1 is 1.80 bits per heavy atom. The van der Waals surface area contributed by atoms with Gasteiger partial charge in [-0.25, -0.2) is 4.79 Å². The molecule has 5 heteroatoms. The summed E-state index contributed by atoms with van der Waals surface area (Å²) < 4.78 is 5.05. The number of carboxylic acids is 1. The molecule has 0 radical (unpaired) electrons. The first kappa shape index (κ1) is 7.14. The smallest absolute Gasteiger partial charge is 0.374 e. The van der Waals surface area contributed by atoms with E-state index in [9.17, 15) is 4.79 Å². The predicted molar refractivity (Wildman–Crippen MR) is 37.8 cm³/mol. The number of nitrogens with two attached hydrogens (primary N) is 1. The molecule has 0 aliphatic heterocycles. The number of hydrogen-bond acceptors (Lipinski definition) is 3. The van der Waals surface area contributed by atoms with E-state index in [1.165, 1.54) is 6.26 Å². The normalized spacial score (nSPS) is 9.70. The predicted octanol–water partition coefficient (Wildman–Crippen LogP) is 1.32. The SMILES string of the molecule is Nc1c(Br)coc1C(=O)O. The van der Waals surface area contributed by atoms with Crippen molar-refractivity contribution in [3.63, 3.8) is 0 Å². The Labute approximate surface area is 64.8 Å². The second-order valence-electron chi connectivity index (χ2n) is 1.63. The molecule has 0 unspecified atom stereocenters. The van der Waals surface area contributed by atoms with Crippen LogP contribution in [0.2, 0.25) is 0 Å². The average Bonchev–Trinajstić information content (AvgIpc) is 2.14. The third-order valence-electron chi connectivity index (χ3n) is 0.976. The molecule has 10 heavy (non-hydrogen) atoms. The van der Waals surface area contributed by atoms with Gasteiger partial charge in [-0.3, -0.25) is 0 Å². The van der Waals surface area contributed by atoms with Gasteiger partial charge in [0.15, 0.2) is 0 Å². The number of aromatic carboxylic acids is 1. The maximum absolute atomic E-state index is 10.2. The molecule has 0 spiro atoms. The molecule has 1 heterocycles. The van der Waals surface area contributed by atoms with E-state index in [-0.39, 0.29) is 11.4 Å². The van der Waals surface area contributed by atoms with E-state index in [1.807, 2.05) is 0 Å². The molecule has 54 valence electrons. The summed E-state index contributed by atoms with van der Waals surface area (Å²) in [7, 11) is 0. The van der Waals surface area contributed by atoms with Gasteiger partial charge in [-0.05, 0) is 15.9 Å². The molecule has 0 aromatic carbocycles. The highest BCUT2D eigenvalue weighted by atomic mass is 79.9. The Hall–Kier alpha value is -0.970. The summed E-state index contributed by atoms with van der Waals surface area (Å²) >= 11 is 3.00. The number of halogens is 1. The molecule has 0 aliphatic rings. The molecule has 3 N–H and O–H groups in total. The molecule has 0 bridgehead atoms. The highest BCUT2D eigenvalue weighted by Crippen LogP contribution is 2.24. The lowest BCUT2D eigenvalue weighted by molar-refractivity contribution is 0.0664. The van der Waals surface area contributed by atoms with Crippen LogP contribution in [0.4, 0.5) is 5.69 Å². The van der Waals surface area contributed by atoms with Gasteiger partial charge in [0.25, 0.3) is 0 Å². The Kier molecular flexibility index (Phi) is 1.67. The summed E-state index contributed by atoms with van der Waals surface area (Å²) in [6, 6.07) is 0. The van der Waals surface area contributed by atoms with Crippen LogP contribution in [0.5, 0.6) is 0 Å². The summed E-state index contributed by atoms with van der Waals surface area (Å²) in [6.45, 7) is 0. The van der Waals surface area contributed by atoms with Crippen molar-refractivity contribution >= 4 is 27.6 Å². The monoisotopic (exact) mass is 205 g/mol. The van der Waals surface area contributed by atoms with Gasteiger partial charge in [0, 0.05) is 0 Å². The van der Waals surface area contributed by atoms with E-state index < -0.39 is 5.97 Å². The van der Waals surface area contributed by atoms with Crippen LogP contribution in [0.1, 0.15) is 10.6 Å². The van der Waals surface area contributed by atoms with Crippen molar-refractivity contribution in [2.75, 3.05) is 5.73 Å². The van der Waals surface area contributed by atoms with Crippen molar-refractivity contribution in [1.82, 2.24) is 0 Å². The molecule has 0 amide bonds. The summed E-state index contributed by atoms with van der Waals surface area (Å²) in [5.41, 5.74) is 5.40. The number of nitrogen functional groups attached to an aromatic ring is 1. The number of furan rings is 1. The first-order valence-electron chi connectivity index (χ1n) is 2.38. The Morgan fingerprint density at radius 2 is 2.40 bits per heavy atom. The van der Waals surface area contributed by atoms with Gasteiger partial charge in [0.05, 0.1) is 4.47 Å². The molecule has 0 saturated carbocycles. The maximum atomic E-state index is 10.2. The van der Waals surface area contributed by atoms with Crippen LogP contribution in [0.15, 0.2) is 15.2 Å². The first-order valence-corrected chi connectivity index (χ1v) is 3.18. The summed E-state index contributed by atoms with van der Waals surface area (Å²) in [5, 5.41) is 8.38. The van der Waals surface area contributed by atoms with Gasteiger partial charge in [-0.2, -0.15) is 0 Å². The van der Waals surface area contributed by atoms with Gasteiger partial charge in [0.1, 0.15) is 12.0 Å². The number of carboxylic acid groups (broad SMARTS) is 1. The highest BCUT2D eigenvalue weighted by Gasteiger charge is 2.14. The number of rotatable bonds is 1. The van der Waals surface area contributed by atoms with Crippen molar-refractivity contribution < 1.29 is 14.3 Å². The Bertz CT molecular complexity index is 268. The molecule has 1 aromatic heterocycles. The zero-order chi connectivity index (χ0) is 7.72. The van der Waals surface area contributed by atoms with Gasteiger partial charge in [-0.15, -0.1) is 0 Å². The van der Waals surface area contributed by atoms with Crippen LogP contribution in [0, 0.1) is 0 Å². The standard InChI is InChI=1S/C5H4BrNO3/c6-2-1-10-4(3(2)7)5(8)9/h1H,7H2,(H,8,9). The van der Waals surface area contributed by atoms with Crippen LogP contribution in [0.25, 0.3) is 0 Å². The van der Waals surface area contributed by atoms with E-state index in [1.54, 1.807) is 0 Å². The van der Waals surface area contributed by atoms with E-state index in [0.29, 0.717) is 4.47 Å². The average molecular weight is 206 g/mol. The third-order valence-corrected chi connectivity index (χ3v) is 1.59. The van der Waals surface area contributed by atoms with Crippen molar-refractivity contribution in [3.8, 4) is 0 Å². The second kappa shape index (κ2) is 2.34. The molecule has 4 nitrogen and oxygen atoms in total. The van der Waals surface area contributed by atoms with E-state index in [2.05, 4.69) is 20.3 Å². The number of hydrogen-bond donors (Lipinski definition) is 2. The zero-order valence-corrected chi connectivity index (χ0v) is 6.38. The van der Waals surface area contributed by atoms with E-state index >= 15 is 0 Å². The molecule has 1 rings (SSSR count). The third kappa shape index (κ3) is 0.995. The van der Waals surface area contributed by atoms with Crippen molar-refractivity contribution in [3.05, 3.63) is 16.5 Å². The summed E-state index contributed by atoms with van der Waals surface area (Å²) in [5.74, 6) is -1.39. The minimum atomic E-state index is -1.16. The zero-order valence-electron chi connectivity index (χ0n) is 4.80. The molecular formula is C5H4BrNO3. The molecule has 0 aliphatic carbocycles. The summed E-state index contributed by atoms with van der Waals surface area (Å²) in [4.78, 5) is 10.2. The molecule has 1 aromatic rings. The lowest BCUT2D eigenvalue weighted by Crippen LogP contribution is -1.98. The van der Waals surface area contributed by atoms with Crippen molar-refractivity contribution in [1.29, 1.82) is 0 Å². The van der Waals surface area contributed by atoms with Crippen LogP contribution in [0.3, 0.4) is 0 Å². The minimum absolute atomic E-state index is 0.118. The van der Waals surface area contributed by atoms with Gasteiger partial charge in [-0.1, -0.05) is 0 Å². The topological polar surface area (TPSA) is 76.5 Å². The Morgan fingerprint density at radius 3 is 2.60 bits per heavy atom. The van der Waals surface area contributed by atoms with Crippen LogP contribution in [-0.2, 0) is 0 Å². The molecule has 0 atom stereocenters. The minimum Gasteiger partial charge on any atom is -0.475 e. The number of carbonyl (C=O) groups is 1. The Balaban J connectivity index is 3.17. The first-order chi connectivity index (χ1) is 4.63. The van der Waals surface area contributed by atoms with Crippen LogP contribution >= 0.6 is 15.9 Å². The van der Waals surface area contributed by atoms with Crippen LogP contribution < -0.4 is 5.73 Å². The second-order valence-corrected chi connectivity index (χ2v) is 2.49. The summed E-state index contributed by atoms with van der Waals surface area (Å²) in [6.07, 6.45) is 1.23. The number of anilines is 1. The highest BCUT2D eigenvalue weighted by molar-refractivity contribution is 9.10. The largest absolute Gasteiger partial charge is 0.475 e. The maximum Gasteiger partial charge on any atom is 0.374 e.